The molecule has 0 saturated carbocycles. The van der Waals surface area contributed by atoms with Crippen molar-refractivity contribution in [3.8, 4) is 5.88 Å². The zero-order valence-corrected chi connectivity index (χ0v) is 9.10. The van der Waals surface area contributed by atoms with Crippen LogP contribution in [0.15, 0.2) is 18.3 Å². The fourth-order valence-electron chi connectivity index (χ4n) is 1.63. The number of carbonyl (C=O) groups is 1. The molecule has 2 heterocycles. The Bertz CT molecular complexity index is 392. The first kappa shape index (κ1) is 9.96. The topological polar surface area (TPSA) is 42.4 Å². The predicted molar refractivity (Wildman–Crippen MR) is 56.9 cm³/mol. The lowest BCUT2D eigenvalue weighted by molar-refractivity contribution is -0.123. The van der Waals surface area contributed by atoms with Crippen molar-refractivity contribution in [2.45, 2.75) is 20.0 Å². The number of amides is 1. The zero-order chi connectivity index (χ0) is 11.0. The molecular formula is C11H14N2O2. The van der Waals surface area contributed by atoms with Gasteiger partial charge in [0.2, 0.25) is 11.8 Å². The van der Waals surface area contributed by atoms with Gasteiger partial charge in [0, 0.05) is 13.2 Å². The second-order valence-corrected chi connectivity index (χ2v) is 3.84. The van der Waals surface area contributed by atoms with E-state index in [9.17, 15) is 4.79 Å². The number of fused-ring (bicyclic) bond motifs is 1. The Morgan fingerprint density at radius 2 is 2.20 bits per heavy atom. The van der Waals surface area contributed by atoms with Crippen molar-refractivity contribution in [2.75, 3.05) is 11.9 Å². The van der Waals surface area contributed by atoms with Crippen molar-refractivity contribution >= 4 is 11.6 Å². The van der Waals surface area contributed by atoms with Crippen LogP contribution in [0, 0.1) is 5.92 Å². The van der Waals surface area contributed by atoms with Crippen LogP contribution >= 0.6 is 0 Å². The number of anilines is 1. The van der Waals surface area contributed by atoms with Gasteiger partial charge in [0.1, 0.15) is 11.8 Å². The maximum Gasteiger partial charge on any atom is 0.238 e. The van der Waals surface area contributed by atoms with Gasteiger partial charge < -0.3 is 9.64 Å². The van der Waals surface area contributed by atoms with Gasteiger partial charge in [-0.25, -0.2) is 4.98 Å². The highest BCUT2D eigenvalue weighted by molar-refractivity contribution is 5.96. The van der Waals surface area contributed by atoms with Crippen LogP contribution in [-0.2, 0) is 4.79 Å². The second-order valence-electron chi connectivity index (χ2n) is 3.84. The van der Waals surface area contributed by atoms with Gasteiger partial charge in [-0.3, -0.25) is 4.79 Å². The number of carbonyl (C=O) groups excluding carboxylic acids is 1. The molecule has 1 amide bonds. The SMILES string of the molecule is C[C@@H]1C(=O)N(C)c2cccnc2O[C@@H]1C. The van der Waals surface area contributed by atoms with Crippen LogP contribution < -0.4 is 9.64 Å². The highest BCUT2D eigenvalue weighted by atomic mass is 16.5. The van der Waals surface area contributed by atoms with Gasteiger partial charge in [0.25, 0.3) is 0 Å². The van der Waals surface area contributed by atoms with Crippen molar-refractivity contribution in [1.29, 1.82) is 0 Å². The third-order valence-electron chi connectivity index (χ3n) is 2.83. The monoisotopic (exact) mass is 206 g/mol. The molecule has 4 heteroatoms. The molecule has 0 aliphatic carbocycles. The van der Waals surface area contributed by atoms with E-state index in [1.54, 1.807) is 24.2 Å². The molecule has 15 heavy (non-hydrogen) atoms. The van der Waals surface area contributed by atoms with Crippen LogP contribution in [0.3, 0.4) is 0 Å². The molecule has 1 aliphatic rings. The summed E-state index contributed by atoms with van der Waals surface area (Å²) in [4.78, 5) is 17.7. The molecule has 0 saturated heterocycles. The molecule has 1 aromatic rings. The molecule has 0 bridgehead atoms. The molecule has 1 aromatic heterocycles. The molecule has 2 rings (SSSR count). The summed E-state index contributed by atoms with van der Waals surface area (Å²) in [5.74, 6) is 0.448. The van der Waals surface area contributed by atoms with Gasteiger partial charge in [0.05, 0.1) is 5.92 Å². The molecule has 0 N–H and O–H groups in total. The van der Waals surface area contributed by atoms with E-state index < -0.39 is 0 Å². The highest BCUT2D eigenvalue weighted by Gasteiger charge is 2.31. The van der Waals surface area contributed by atoms with Gasteiger partial charge in [-0.2, -0.15) is 0 Å². The Labute approximate surface area is 88.9 Å². The summed E-state index contributed by atoms with van der Waals surface area (Å²) in [6.07, 6.45) is 1.52. The van der Waals surface area contributed by atoms with Crippen molar-refractivity contribution in [2.24, 2.45) is 5.92 Å². The lowest BCUT2D eigenvalue weighted by atomic mass is 10.1. The molecule has 0 unspecified atom stereocenters. The molecule has 0 spiro atoms. The summed E-state index contributed by atoms with van der Waals surface area (Å²) < 4.78 is 5.64. The molecule has 4 nitrogen and oxygen atoms in total. The molecule has 80 valence electrons. The summed E-state index contributed by atoms with van der Waals surface area (Å²) >= 11 is 0. The summed E-state index contributed by atoms with van der Waals surface area (Å²) in [7, 11) is 1.75. The van der Waals surface area contributed by atoms with Crippen molar-refractivity contribution in [3.05, 3.63) is 18.3 Å². The Balaban J connectivity index is 2.49. The zero-order valence-electron chi connectivity index (χ0n) is 9.10. The van der Waals surface area contributed by atoms with E-state index in [2.05, 4.69) is 4.98 Å². The van der Waals surface area contributed by atoms with E-state index in [1.165, 1.54) is 0 Å². The minimum atomic E-state index is -0.149. The standard InChI is InChI=1S/C11H14N2O2/c1-7-8(2)15-10-9(5-4-6-12-10)13(3)11(7)14/h4-8H,1-3H3/t7-,8+/m0/s1. The first-order valence-electron chi connectivity index (χ1n) is 5.00. The average Bonchev–Trinajstić information content (AvgIpc) is 2.32. The molecular weight excluding hydrogens is 192 g/mol. The Hall–Kier alpha value is -1.58. The van der Waals surface area contributed by atoms with E-state index in [0.717, 1.165) is 5.69 Å². The first-order valence-corrected chi connectivity index (χ1v) is 5.00. The second kappa shape index (κ2) is 3.53. The smallest absolute Gasteiger partial charge is 0.238 e. The van der Waals surface area contributed by atoms with Crippen molar-refractivity contribution < 1.29 is 9.53 Å². The number of hydrogen-bond donors (Lipinski definition) is 0. The lowest BCUT2D eigenvalue weighted by Crippen LogP contribution is -2.35. The van der Waals surface area contributed by atoms with E-state index in [1.807, 2.05) is 19.9 Å². The number of ether oxygens (including phenoxy) is 1. The van der Waals surface area contributed by atoms with Crippen LogP contribution in [0.25, 0.3) is 0 Å². The van der Waals surface area contributed by atoms with E-state index >= 15 is 0 Å². The van der Waals surface area contributed by atoms with E-state index in [0.29, 0.717) is 5.88 Å². The van der Waals surface area contributed by atoms with Gasteiger partial charge >= 0.3 is 0 Å². The Morgan fingerprint density at radius 1 is 1.47 bits per heavy atom. The van der Waals surface area contributed by atoms with Crippen LogP contribution in [0.5, 0.6) is 5.88 Å². The van der Waals surface area contributed by atoms with Crippen molar-refractivity contribution in [1.82, 2.24) is 4.98 Å². The fourth-order valence-corrected chi connectivity index (χ4v) is 1.63. The summed E-state index contributed by atoms with van der Waals surface area (Å²) in [5.41, 5.74) is 0.735. The van der Waals surface area contributed by atoms with Crippen LogP contribution in [0.4, 0.5) is 5.69 Å². The number of pyridine rings is 1. The molecule has 2 atom stereocenters. The molecule has 0 aromatic carbocycles. The van der Waals surface area contributed by atoms with Gasteiger partial charge in [-0.15, -0.1) is 0 Å². The van der Waals surface area contributed by atoms with E-state index in [-0.39, 0.29) is 17.9 Å². The maximum atomic E-state index is 11.9. The number of aromatic nitrogens is 1. The third-order valence-corrected chi connectivity index (χ3v) is 2.83. The number of hydrogen-bond acceptors (Lipinski definition) is 3. The summed E-state index contributed by atoms with van der Waals surface area (Å²) in [6.45, 7) is 3.76. The molecule has 0 fully saturated rings. The first-order chi connectivity index (χ1) is 7.11. The summed E-state index contributed by atoms with van der Waals surface area (Å²) in [5, 5.41) is 0. The van der Waals surface area contributed by atoms with Crippen molar-refractivity contribution in [3.63, 3.8) is 0 Å². The average molecular weight is 206 g/mol. The number of rotatable bonds is 0. The highest BCUT2D eigenvalue weighted by Crippen LogP contribution is 2.31. The van der Waals surface area contributed by atoms with Crippen LogP contribution in [0.1, 0.15) is 13.8 Å². The minimum Gasteiger partial charge on any atom is -0.472 e. The molecule has 0 radical (unpaired) electrons. The maximum absolute atomic E-state index is 11.9. The Morgan fingerprint density at radius 3 is 2.93 bits per heavy atom. The van der Waals surface area contributed by atoms with Crippen LogP contribution in [-0.4, -0.2) is 24.0 Å². The minimum absolute atomic E-state index is 0.0641. The largest absolute Gasteiger partial charge is 0.472 e. The van der Waals surface area contributed by atoms with E-state index in [4.69, 9.17) is 4.74 Å². The fraction of sp³-hybridized carbons (Fsp3) is 0.455. The third kappa shape index (κ3) is 1.56. The van der Waals surface area contributed by atoms with Gasteiger partial charge in [-0.1, -0.05) is 6.92 Å². The lowest BCUT2D eigenvalue weighted by Gasteiger charge is -2.18. The summed E-state index contributed by atoms with van der Waals surface area (Å²) in [6, 6.07) is 3.64. The normalized spacial score (nSPS) is 25.5. The van der Waals surface area contributed by atoms with Gasteiger partial charge in [-0.05, 0) is 19.1 Å². The quantitative estimate of drug-likeness (QED) is 0.645. The Kier molecular flexibility index (Phi) is 2.34. The van der Waals surface area contributed by atoms with Gasteiger partial charge in [0.15, 0.2) is 0 Å². The van der Waals surface area contributed by atoms with Crippen LogP contribution in [0.2, 0.25) is 0 Å². The molecule has 1 aliphatic heterocycles. The number of nitrogens with zero attached hydrogens (tertiary/aromatic N) is 2. The predicted octanol–water partition coefficient (Wildman–Crippen LogP) is 1.46.